The van der Waals surface area contributed by atoms with Gasteiger partial charge in [0.1, 0.15) is 0 Å². The Balaban J connectivity index is 1.65. The molecule has 2 aliphatic rings. The highest BCUT2D eigenvalue weighted by molar-refractivity contribution is 6.36. The number of rotatable bonds is 5. The minimum atomic E-state index is -0.489. The number of nitrogens with one attached hydrogen (secondary N) is 1. The Hall–Kier alpha value is -1.56. The average Bonchev–Trinajstić information content (AvgIpc) is 2.93. The highest BCUT2D eigenvalue weighted by atomic mass is 35.5. The number of aliphatic hydroxyl groups is 1. The first-order valence-electron chi connectivity index (χ1n) is 9.86. The Morgan fingerprint density at radius 1 is 1.37 bits per heavy atom. The van der Waals surface area contributed by atoms with Crippen LogP contribution in [-0.4, -0.2) is 34.9 Å². The maximum Gasteiger partial charge on any atom is 0.235 e. The summed E-state index contributed by atoms with van der Waals surface area (Å²) in [5.74, 6) is 0.429. The number of carbonyl (C=O) groups is 1. The second-order valence-electron chi connectivity index (χ2n) is 8.12. The molecule has 2 fully saturated rings. The lowest BCUT2D eigenvalue weighted by Crippen LogP contribution is -2.56. The van der Waals surface area contributed by atoms with Crippen molar-refractivity contribution < 1.29 is 14.6 Å². The molecule has 1 unspecified atom stereocenters. The van der Waals surface area contributed by atoms with Crippen LogP contribution in [0.4, 0.5) is 5.69 Å². The molecule has 1 aliphatic heterocycles. The molecule has 1 aromatic carbocycles. The van der Waals surface area contributed by atoms with Crippen molar-refractivity contribution in [1.82, 2.24) is 4.57 Å². The van der Waals surface area contributed by atoms with Gasteiger partial charge in [-0.1, -0.05) is 36.9 Å². The molecule has 6 heteroatoms. The van der Waals surface area contributed by atoms with Gasteiger partial charge in [-0.15, -0.1) is 0 Å². The van der Waals surface area contributed by atoms with E-state index in [1.165, 1.54) is 19.3 Å². The van der Waals surface area contributed by atoms with Crippen LogP contribution in [0.3, 0.4) is 0 Å². The number of aliphatic hydroxyl groups excluding tert-OH is 1. The fourth-order valence-corrected chi connectivity index (χ4v) is 4.89. The summed E-state index contributed by atoms with van der Waals surface area (Å²) in [5.41, 5.74) is 1.21. The van der Waals surface area contributed by atoms with E-state index in [1.54, 1.807) is 6.92 Å². The van der Waals surface area contributed by atoms with Crippen LogP contribution in [-0.2, 0) is 16.1 Å². The lowest BCUT2D eigenvalue weighted by atomic mass is 9.66. The van der Waals surface area contributed by atoms with E-state index in [9.17, 15) is 9.90 Å². The molecule has 2 aromatic rings. The molecule has 1 saturated carbocycles. The maximum atomic E-state index is 13.3. The van der Waals surface area contributed by atoms with Crippen LogP contribution in [0.5, 0.6) is 0 Å². The Morgan fingerprint density at radius 2 is 2.11 bits per heavy atom. The molecule has 1 saturated heterocycles. The van der Waals surface area contributed by atoms with Gasteiger partial charge in [0, 0.05) is 18.1 Å². The van der Waals surface area contributed by atoms with Crippen LogP contribution in [0, 0.1) is 11.3 Å². The lowest BCUT2D eigenvalue weighted by molar-refractivity contribution is -0.172. The zero-order valence-corrected chi connectivity index (χ0v) is 16.5. The SMILES string of the molecule is CC(O)Cn1cc(NC(=O)C2(C3CCCCC3)COC2)c2c(Cl)cccc21. The maximum absolute atomic E-state index is 13.3. The van der Waals surface area contributed by atoms with Crippen molar-refractivity contribution in [2.24, 2.45) is 11.3 Å². The van der Waals surface area contributed by atoms with Crippen LogP contribution in [0.2, 0.25) is 5.02 Å². The van der Waals surface area contributed by atoms with Gasteiger partial charge in [0.05, 0.1) is 41.0 Å². The second kappa shape index (κ2) is 7.46. The Morgan fingerprint density at radius 3 is 2.74 bits per heavy atom. The van der Waals surface area contributed by atoms with E-state index in [0.717, 1.165) is 23.7 Å². The number of benzene rings is 1. The summed E-state index contributed by atoms with van der Waals surface area (Å²) in [6.45, 7) is 3.20. The predicted octanol–water partition coefficient (Wildman–Crippen LogP) is 4.21. The number of halogens is 1. The number of nitrogens with zero attached hydrogens (tertiary/aromatic N) is 1. The Labute approximate surface area is 164 Å². The van der Waals surface area contributed by atoms with E-state index in [2.05, 4.69) is 5.32 Å². The molecule has 1 aromatic heterocycles. The molecule has 2 N–H and O–H groups in total. The minimum Gasteiger partial charge on any atom is -0.392 e. The number of hydrogen-bond donors (Lipinski definition) is 2. The highest BCUT2D eigenvalue weighted by Gasteiger charge is 2.51. The lowest BCUT2D eigenvalue weighted by Gasteiger charge is -2.47. The summed E-state index contributed by atoms with van der Waals surface area (Å²) in [7, 11) is 0. The molecule has 1 amide bonds. The van der Waals surface area contributed by atoms with Crippen LogP contribution in [0.15, 0.2) is 24.4 Å². The topological polar surface area (TPSA) is 63.5 Å². The second-order valence-corrected chi connectivity index (χ2v) is 8.52. The summed E-state index contributed by atoms with van der Waals surface area (Å²) in [6, 6.07) is 5.68. The van der Waals surface area contributed by atoms with Crippen molar-refractivity contribution in [3.05, 3.63) is 29.4 Å². The number of amides is 1. The Kier molecular flexibility index (Phi) is 5.19. The fraction of sp³-hybridized carbons (Fsp3) is 0.571. The number of aromatic nitrogens is 1. The molecular weight excluding hydrogens is 364 g/mol. The third kappa shape index (κ3) is 3.37. The first-order valence-corrected chi connectivity index (χ1v) is 10.2. The normalized spacial score (nSPS) is 21.0. The number of anilines is 1. The largest absolute Gasteiger partial charge is 0.392 e. The van der Waals surface area contributed by atoms with Gasteiger partial charge in [0.2, 0.25) is 5.91 Å². The quantitative estimate of drug-likeness (QED) is 0.803. The zero-order valence-electron chi connectivity index (χ0n) is 15.7. The summed E-state index contributed by atoms with van der Waals surface area (Å²) >= 11 is 6.45. The molecule has 2 heterocycles. The van der Waals surface area contributed by atoms with E-state index >= 15 is 0 Å². The molecule has 1 aliphatic carbocycles. The average molecular weight is 391 g/mol. The van der Waals surface area contributed by atoms with Crippen LogP contribution in [0.1, 0.15) is 39.0 Å². The van der Waals surface area contributed by atoms with Crippen molar-refractivity contribution in [3.8, 4) is 0 Å². The van der Waals surface area contributed by atoms with Crippen molar-refractivity contribution >= 4 is 34.1 Å². The summed E-state index contributed by atoms with van der Waals surface area (Å²) in [6.07, 6.45) is 7.24. The van der Waals surface area contributed by atoms with E-state index in [0.29, 0.717) is 36.4 Å². The third-order valence-corrected chi connectivity index (χ3v) is 6.44. The monoisotopic (exact) mass is 390 g/mol. The van der Waals surface area contributed by atoms with Crippen LogP contribution >= 0.6 is 11.6 Å². The zero-order chi connectivity index (χ0) is 19.0. The molecular formula is C21H27ClN2O3. The fourth-order valence-electron chi connectivity index (χ4n) is 4.62. The first kappa shape index (κ1) is 18.8. The molecule has 5 nitrogen and oxygen atoms in total. The Bertz CT molecular complexity index is 835. The van der Waals surface area contributed by atoms with Gasteiger partial charge in [-0.3, -0.25) is 4.79 Å². The van der Waals surface area contributed by atoms with Crippen molar-refractivity contribution in [3.63, 3.8) is 0 Å². The summed E-state index contributed by atoms with van der Waals surface area (Å²) in [5, 5.41) is 14.4. The molecule has 0 radical (unpaired) electrons. The van der Waals surface area contributed by atoms with E-state index < -0.39 is 11.5 Å². The molecule has 0 spiro atoms. The summed E-state index contributed by atoms with van der Waals surface area (Å²) in [4.78, 5) is 13.3. The standard InChI is InChI=1S/C21H27ClN2O3/c1-14(25)10-24-11-17(19-16(22)8-5-9-18(19)24)23-20(26)21(12-27-13-21)15-6-3-2-4-7-15/h5,8-9,11,14-15,25H,2-4,6-7,10,12-13H2,1H3,(H,23,26). The van der Waals surface area contributed by atoms with E-state index in [1.807, 2.05) is 29.0 Å². The van der Waals surface area contributed by atoms with Crippen molar-refractivity contribution in [2.45, 2.75) is 51.7 Å². The smallest absolute Gasteiger partial charge is 0.235 e. The minimum absolute atomic E-state index is 0.0386. The molecule has 1 atom stereocenters. The number of carbonyl (C=O) groups excluding carboxylic acids is 1. The van der Waals surface area contributed by atoms with Gasteiger partial charge < -0.3 is 19.7 Å². The molecule has 146 valence electrons. The van der Waals surface area contributed by atoms with Crippen molar-refractivity contribution in [2.75, 3.05) is 18.5 Å². The first-order chi connectivity index (χ1) is 13.0. The van der Waals surface area contributed by atoms with Gasteiger partial charge in [-0.25, -0.2) is 0 Å². The molecule has 4 rings (SSSR count). The van der Waals surface area contributed by atoms with Gasteiger partial charge in [0.25, 0.3) is 0 Å². The predicted molar refractivity (Wildman–Crippen MR) is 107 cm³/mol. The van der Waals surface area contributed by atoms with Gasteiger partial charge in [0.15, 0.2) is 0 Å². The number of ether oxygens (including phenoxy) is 1. The van der Waals surface area contributed by atoms with Gasteiger partial charge in [-0.05, 0) is 37.8 Å². The van der Waals surface area contributed by atoms with Crippen LogP contribution in [0.25, 0.3) is 10.9 Å². The highest BCUT2D eigenvalue weighted by Crippen LogP contribution is 2.45. The van der Waals surface area contributed by atoms with Crippen molar-refractivity contribution in [1.29, 1.82) is 0 Å². The number of hydrogen-bond acceptors (Lipinski definition) is 3. The summed E-state index contributed by atoms with van der Waals surface area (Å²) < 4.78 is 7.44. The van der Waals surface area contributed by atoms with Crippen LogP contribution < -0.4 is 5.32 Å². The van der Waals surface area contributed by atoms with E-state index in [-0.39, 0.29) is 5.91 Å². The van der Waals surface area contributed by atoms with Gasteiger partial charge >= 0.3 is 0 Å². The third-order valence-electron chi connectivity index (χ3n) is 6.12. The molecule has 0 bridgehead atoms. The van der Waals surface area contributed by atoms with E-state index in [4.69, 9.17) is 16.3 Å². The van der Waals surface area contributed by atoms with Gasteiger partial charge in [-0.2, -0.15) is 0 Å². The molecule has 27 heavy (non-hydrogen) atoms. The number of fused-ring (bicyclic) bond motifs is 1.